The molecule has 1 fully saturated rings. The Kier molecular flexibility index (Phi) is 4.32. The highest BCUT2D eigenvalue weighted by Crippen LogP contribution is 2.30. The van der Waals surface area contributed by atoms with E-state index < -0.39 is 19.7 Å². The van der Waals surface area contributed by atoms with Gasteiger partial charge >= 0.3 is 0 Å². The van der Waals surface area contributed by atoms with E-state index in [9.17, 15) is 16.8 Å². The smallest absolute Gasteiger partial charge is 0.177 e. The molecule has 1 heterocycles. The van der Waals surface area contributed by atoms with E-state index in [4.69, 9.17) is 5.73 Å². The van der Waals surface area contributed by atoms with Crippen molar-refractivity contribution in [3.63, 3.8) is 0 Å². The second kappa shape index (κ2) is 5.58. The van der Waals surface area contributed by atoms with E-state index in [0.29, 0.717) is 18.8 Å². The van der Waals surface area contributed by atoms with Crippen LogP contribution in [0.15, 0.2) is 28.0 Å². The molecule has 1 aromatic carbocycles. The topological polar surface area (TPSA) is 97.5 Å². The molecule has 0 bridgehead atoms. The summed E-state index contributed by atoms with van der Waals surface area (Å²) in [7, 11) is -6.98. The molecule has 6 nitrogen and oxygen atoms in total. The van der Waals surface area contributed by atoms with Crippen LogP contribution in [0, 0.1) is 0 Å². The average Bonchev–Trinajstić information content (AvgIpc) is 2.36. The number of anilines is 1. The number of sulfone groups is 2. The number of nitrogens with zero attached hydrogens (tertiary/aromatic N) is 1. The average molecular weight is 332 g/mol. The van der Waals surface area contributed by atoms with E-state index in [1.807, 2.05) is 4.90 Å². The number of hydrogen-bond acceptors (Lipinski definition) is 6. The molecule has 1 aromatic rings. The number of nitrogens with two attached hydrogens (primary N) is 1. The highest BCUT2D eigenvalue weighted by Gasteiger charge is 2.24. The standard InChI is InChI=1S/C13H20N2O4S2/c1-20(16,17)11-5-6-12(13(8-11)21(2,18)19)15-7-3-4-10(14)9-15/h5-6,8,10H,3-4,7,9,14H2,1-2H3/t10-/m1/s1. The lowest BCUT2D eigenvalue weighted by Crippen LogP contribution is -2.43. The number of piperidine rings is 1. The van der Waals surface area contributed by atoms with Crippen LogP contribution in [0.25, 0.3) is 0 Å². The van der Waals surface area contributed by atoms with Crippen LogP contribution in [-0.4, -0.2) is 48.5 Å². The third kappa shape index (κ3) is 3.75. The van der Waals surface area contributed by atoms with Gasteiger partial charge in [-0.05, 0) is 31.0 Å². The van der Waals surface area contributed by atoms with Crippen LogP contribution in [0.3, 0.4) is 0 Å². The van der Waals surface area contributed by atoms with Crippen LogP contribution in [0.1, 0.15) is 12.8 Å². The van der Waals surface area contributed by atoms with Gasteiger partial charge in [-0.25, -0.2) is 16.8 Å². The lowest BCUT2D eigenvalue weighted by atomic mass is 10.1. The normalized spacial score (nSPS) is 20.5. The second-order valence-electron chi connectivity index (χ2n) is 5.52. The van der Waals surface area contributed by atoms with Crippen LogP contribution in [0.4, 0.5) is 5.69 Å². The van der Waals surface area contributed by atoms with Gasteiger partial charge in [0.25, 0.3) is 0 Å². The van der Waals surface area contributed by atoms with Crippen LogP contribution in [0.5, 0.6) is 0 Å². The van der Waals surface area contributed by atoms with E-state index in [2.05, 4.69) is 0 Å². The second-order valence-corrected chi connectivity index (χ2v) is 9.52. The minimum Gasteiger partial charge on any atom is -0.369 e. The molecule has 2 N–H and O–H groups in total. The van der Waals surface area contributed by atoms with Crippen molar-refractivity contribution in [2.45, 2.75) is 28.7 Å². The van der Waals surface area contributed by atoms with Crippen LogP contribution in [-0.2, 0) is 19.7 Å². The summed E-state index contributed by atoms with van der Waals surface area (Å²) in [5.74, 6) is 0. The Balaban J connectivity index is 2.56. The van der Waals surface area contributed by atoms with Gasteiger partial charge in [0.15, 0.2) is 19.7 Å². The van der Waals surface area contributed by atoms with Gasteiger partial charge in [-0.1, -0.05) is 0 Å². The van der Waals surface area contributed by atoms with Gasteiger partial charge in [0.05, 0.1) is 15.5 Å². The molecule has 21 heavy (non-hydrogen) atoms. The highest BCUT2D eigenvalue weighted by molar-refractivity contribution is 7.91. The van der Waals surface area contributed by atoms with Crippen molar-refractivity contribution < 1.29 is 16.8 Å². The monoisotopic (exact) mass is 332 g/mol. The Hall–Kier alpha value is -1.12. The fourth-order valence-corrected chi connectivity index (χ4v) is 4.15. The van der Waals surface area contributed by atoms with Gasteiger partial charge in [-0.3, -0.25) is 0 Å². The summed E-state index contributed by atoms with van der Waals surface area (Å²) in [4.78, 5) is 1.96. The molecule has 8 heteroatoms. The first-order valence-electron chi connectivity index (χ1n) is 6.64. The van der Waals surface area contributed by atoms with E-state index >= 15 is 0 Å². The van der Waals surface area contributed by atoms with Gasteiger partial charge in [-0.2, -0.15) is 0 Å². The van der Waals surface area contributed by atoms with Crippen molar-refractivity contribution in [2.24, 2.45) is 5.73 Å². The minimum absolute atomic E-state index is 0.000689. The van der Waals surface area contributed by atoms with E-state index in [1.165, 1.54) is 12.1 Å². The Bertz CT molecular complexity index is 741. The molecule has 118 valence electrons. The number of hydrogen-bond donors (Lipinski definition) is 1. The van der Waals surface area contributed by atoms with Gasteiger partial charge in [0.1, 0.15) is 0 Å². The lowest BCUT2D eigenvalue weighted by Gasteiger charge is -2.33. The largest absolute Gasteiger partial charge is 0.369 e. The first kappa shape index (κ1) is 16.3. The summed E-state index contributed by atoms with van der Waals surface area (Å²) in [5.41, 5.74) is 6.46. The summed E-state index contributed by atoms with van der Waals surface area (Å²) < 4.78 is 47.3. The number of benzene rings is 1. The lowest BCUT2D eigenvalue weighted by molar-refractivity contribution is 0.503. The summed E-state index contributed by atoms with van der Waals surface area (Å²) in [6.07, 6.45) is 3.94. The predicted octanol–water partition coefficient (Wildman–Crippen LogP) is 0.421. The zero-order valence-corrected chi connectivity index (χ0v) is 13.7. The molecule has 0 aromatic heterocycles. The summed E-state index contributed by atoms with van der Waals surface area (Å²) in [6.45, 7) is 1.29. The molecule has 0 amide bonds. The maximum absolute atomic E-state index is 12.0. The molecule has 2 rings (SSSR count). The highest BCUT2D eigenvalue weighted by atomic mass is 32.2. The minimum atomic E-state index is -3.53. The molecular formula is C13H20N2O4S2. The quantitative estimate of drug-likeness (QED) is 0.861. The summed E-state index contributed by atoms with van der Waals surface area (Å²) in [6, 6.07) is 4.24. The Morgan fingerprint density at radius 3 is 2.33 bits per heavy atom. The first-order valence-corrected chi connectivity index (χ1v) is 10.4. The number of rotatable bonds is 3. The Morgan fingerprint density at radius 1 is 1.14 bits per heavy atom. The molecule has 0 radical (unpaired) electrons. The molecular weight excluding hydrogens is 312 g/mol. The van der Waals surface area contributed by atoms with E-state index in [1.54, 1.807) is 6.07 Å². The van der Waals surface area contributed by atoms with Crippen molar-refractivity contribution in [1.82, 2.24) is 0 Å². The molecule has 1 saturated heterocycles. The van der Waals surface area contributed by atoms with E-state index in [-0.39, 0.29) is 15.8 Å². The predicted molar refractivity (Wildman–Crippen MR) is 82.1 cm³/mol. The van der Waals surface area contributed by atoms with Crippen molar-refractivity contribution in [3.05, 3.63) is 18.2 Å². The zero-order valence-electron chi connectivity index (χ0n) is 12.1. The van der Waals surface area contributed by atoms with Crippen LogP contribution in [0.2, 0.25) is 0 Å². The third-order valence-corrected chi connectivity index (χ3v) is 5.79. The van der Waals surface area contributed by atoms with Gasteiger partial charge in [-0.15, -0.1) is 0 Å². The molecule has 1 aliphatic rings. The van der Waals surface area contributed by atoms with Crippen LogP contribution < -0.4 is 10.6 Å². The first-order chi connectivity index (χ1) is 9.59. The van der Waals surface area contributed by atoms with Gasteiger partial charge < -0.3 is 10.6 Å². The summed E-state index contributed by atoms with van der Waals surface area (Å²) in [5, 5.41) is 0. The maximum atomic E-state index is 12.0. The van der Waals surface area contributed by atoms with Crippen LogP contribution >= 0.6 is 0 Å². The molecule has 0 aliphatic carbocycles. The maximum Gasteiger partial charge on any atom is 0.177 e. The zero-order chi connectivity index (χ0) is 15.8. The van der Waals surface area contributed by atoms with E-state index in [0.717, 1.165) is 25.4 Å². The molecule has 1 atom stereocenters. The van der Waals surface area contributed by atoms with Gasteiger partial charge in [0.2, 0.25) is 0 Å². The molecule has 0 spiro atoms. The van der Waals surface area contributed by atoms with Gasteiger partial charge in [0, 0.05) is 31.6 Å². The molecule has 0 unspecified atom stereocenters. The van der Waals surface area contributed by atoms with Crippen molar-refractivity contribution >= 4 is 25.4 Å². The Morgan fingerprint density at radius 2 is 1.81 bits per heavy atom. The fourth-order valence-electron chi connectivity index (χ4n) is 2.51. The molecule has 0 saturated carbocycles. The Labute approximate surface area is 125 Å². The SMILES string of the molecule is CS(=O)(=O)c1ccc(N2CCC[C@@H](N)C2)c(S(C)(=O)=O)c1. The molecule has 1 aliphatic heterocycles. The third-order valence-electron chi connectivity index (χ3n) is 3.56. The van der Waals surface area contributed by atoms with Crippen molar-refractivity contribution in [2.75, 3.05) is 30.5 Å². The fraction of sp³-hybridized carbons (Fsp3) is 0.538. The summed E-state index contributed by atoms with van der Waals surface area (Å²) >= 11 is 0. The van der Waals surface area contributed by atoms with Crippen molar-refractivity contribution in [3.8, 4) is 0 Å². The van der Waals surface area contributed by atoms with Crippen molar-refractivity contribution in [1.29, 1.82) is 0 Å².